The van der Waals surface area contributed by atoms with Crippen LogP contribution in [0.5, 0.6) is 0 Å². The van der Waals surface area contributed by atoms with Gasteiger partial charge in [-0.1, -0.05) is 0 Å². The highest BCUT2D eigenvalue weighted by atomic mass is 16.8. The lowest BCUT2D eigenvalue weighted by Gasteiger charge is -2.51. The number of aliphatic hydroxyl groups excluding tert-OH is 6. The van der Waals surface area contributed by atoms with E-state index in [4.69, 9.17) is 46.6 Å². The SMILES string of the molecule is CNC1C(O[C@H]2OC(CO)[C@@H](NC(=O)CN)[C@H](O)C2O)O[C@H]2C[C@H](N)[C@@H](O[C@@H]3C(N)C[C@@H](N)[C@@H](O)C3O)OC2C1O. The quantitative estimate of drug-likeness (QED) is 0.124. The van der Waals surface area contributed by atoms with Crippen molar-refractivity contribution in [2.45, 2.75) is 117 Å². The third kappa shape index (κ3) is 6.68. The Labute approximate surface area is 236 Å². The second kappa shape index (κ2) is 13.6. The Morgan fingerprint density at radius 3 is 2.15 bits per heavy atom. The third-order valence-corrected chi connectivity index (χ3v) is 8.20. The molecule has 41 heavy (non-hydrogen) atoms. The van der Waals surface area contributed by atoms with E-state index in [0.29, 0.717) is 0 Å². The van der Waals surface area contributed by atoms with Crippen LogP contribution < -0.4 is 33.6 Å². The molecule has 1 saturated carbocycles. The minimum atomic E-state index is -1.67. The summed E-state index contributed by atoms with van der Waals surface area (Å²) in [6.07, 6.45) is -14.7. The summed E-state index contributed by atoms with van der Waals surface area (Å²) in [7, 11) is 1.53. The molecule has 8 unspecified atom stereocenters. The van der Waals surface area contributed by atoms with E-state index in [9.17, 15) is 35.4 Å². The molecule has 0 aromatic heterocycles. The highest BCUT2D eigenvalue weighted by molar-refractivity contribution is 5.78. The first kappa shape index (κ1) is 32.7. The van der Waals surface area contributed by atoms with Crippen molar-refractivity contribution in [2.24, 2.45) is 22.9 Å². The van der Waals surface area contributed by atoms with E-state index < -0.39 is 117 Å². The highest BCUT2D eigenvalue weighted by Gasteiger charge is 2.54. The average Bonchev–Trinajstić information content (AvgIpc) is 2.94. The molecule has 238 valence electrons. The first-order valence-corrected chi connectivity index (χ1v) is 13.6. The standard InChI is InChI=1S/C23H44N6O12/c1-28-13-16(34)20-9(3-8(27)21(40-20)39-19-7(26)2-6(25)14(32)17(19)35)37-22(13)41-23-18(36)15(33)12(10(5-30)38-23)29-11(31)4-24/h6-10,12-23,28,30,32-36H,2-5,24-27H2,1H3,(H,29,31)/t6-,7?,8+,9+,10?,12-,13?,14-,15+,16?,17?,18?,19-,20?,21+,22?,23-/m1/s1. The molecule has 3 saturated heterocycles. The first-order chi connectivity index (χ1) is 19.4. The van der Waals surface area contributed by atoms with E-state index in [1.165, 1.54) is 7.05 Å². The summed E-state index contributed by atoms with van der Waals surface area (Å²) in [5.74, 6) is -0.627. The topological polar surface area (TPSA) is 313 Å². The number of nitrogens with one attached hydrogen (secondary N) is 2. The van der Waals surface area contributed by atoms with Crippen molar-refractivity contribution in [1.29, 1.82) is 0 Å². The van der Waals surface area contributed by atoms with Gasteiger partial charge in [-0.05, 0) is 19.9 Å². The molecule has 18 heteroatoms. The minimum absolute atomic E-state index is 0.117. The predicted molar refractivity (Wildman–Crippen MR) is 136 cm³/mol. The number of hydrogen-bond acceptors (Lipinski definition) is 17. The molecule has 18 nitrogen and oxygen atoms in total. The Kier molecular flexibility index (Phi) is 10.9. The molecular formula is C23H44N6O12. The maximum absolute atomic E-state index is 11.7. The van der Waals surface area contributed by atoms with Crippen LogP contribution in [0.1, 0.15) is 12.8 Å². The summed E-state index contributed by atoms with van der Waals surface area (Å²) < 4.78 is 29.4. The number of carbonyl (C=O) groups excluding carboxylic acids is 1. The molecule has 4 rings (SSSR count). The lowest BCUT2D eigenvalue weighted by atomic mass is 9.84. The average molecular weight is 597 g/mol. The number of carbonyl (C=O) groups is 1. The lowest BCUT2D eigenvalue weighted by Crippen LogP contribution is -2.70. The van der Waals surface area contributed by atoms with E-state index >= 15 is 0 Å². The van der Waals surface area contributed by atoms with Gasteiger partial charge >= 0.3 is 0 Å². The molecule has 16 N–H and O–H groups in total. The fraction of sp³-hybridized carbons (Fsp3) is 0.957. The van der Waals surface area contributed by atoms with Gasteiger partial charge < -0.3 is 87.9 Å². The molecule has 0 spiro atoms. The molecule has 4 aliphatic rings. The molecule has 1 aliphatic carbocycles. The molecule has 3 heterocycles. The normalized spacial score (nSPS) is 50.7. The smallest absolute Gasteiger partial charge is 0.234 e. The summed E-state index contributed by atoms with van der Waals surface area (Å²) in [6.45, 7) is -1.00. The predicted octanol–water partition coefficient (Wildman–Crippen LogP) is -7.83. The van der Waals surface area contributed by atoms with Crippen LogP contribution in [0.15, 0.2) is 0 Å². The van der Waals surface area contributed by atoms with Crippen LogP contribution >= 0.6 is 0 Å². The molecule has 4 fully saturated rings. The number of likely N-dealkylation sites (N-methyl/N-ethyl adjacent to an activating group) is 1. The van der Waals surface area contributed by atoms with Crippen LogP contribution in [-0.4, -0.2) is 161 Å². The third-order valence-electron chi connectivity index (χ3n) is 8.20. The summed E-state index contributed by atoms with van der Waals surface area (Å²) in [5, 5.41) is 68.2. The molecule has 17 atom stereocenters. The summed E-state index contributed by atoms with van der Waals surface area (Å²) in [6, 6.07) is -4.32. The minimum Gasteiger partial charge on any atom is -0.394 e. The Hall–Kier alpha value is -1.17. The zero-order chi connectivity index (χ0) is 30.2. The Bertz CT molecular complexity index is 877. The van der Waals surface area contributed by atoms with Gasteiger partial charge in [0.05, 0.1) is 43.5 Å². The fourth-order valence-electron chi connectivity index (χ4n) is 5.85. The second-order valence-corrected chi connectivity index (χ2v) is 11.0. The number of aliphatic hydroxyl groups is 6. The van der Waals surface area contributed by atoms with Crippen molar-refractivity contribution >= 4 is 5.91 Å². The monoisotopic (exact) mass is 596 g/mol. The van der Waals surface area contributed by atoms with E-state index in [-0.39, 0.29) is 19.4 Å². The lowest BCUT2D eigenvalue weighted by molar-refractivity contribution is -0.373. The number of fused-ring (bicyclic) bond motifs is 1. The van der Waals surface area contributed by atoms with Crippen molar-refractivity contribution in [3.05, 3.63) is 0 Å². The second-order valence-electron chi connectivity index (χ2n) is 11.0. The van der Waals surface area contributed by atoms with E-state index in [2.05, 4.69) is 10.6 Å². The van der Waals surface area contributed by atoms with E-state index in [1.54, 1.807) is 0 Å². The van der Waals surface area contributed by atoms with Crippen molar-refractivity contribution in [2.75, 3.05) is 20.2 Å². The van der Waals surface area contributed by atoms with Crippen LogP contribution in [0.3, 0.4) is 0 Å². The van der Waals surface area contributed by atoms with Crippen LogP contribution in [-0.2, 0) is 28.5 Å². The van der Waals surface area contributed by atoms with Crippen LogP contribution in [0, 0.1) is 0 Å². The molecule has 3 aliphatic heterocycles. The number of amides is 1. The molecule has 0 bridgehead atoms. The Balaban J connectivity index is 1.43. The van der Waals surface area contributed by atoms with E-state index in [1.807, 2.05) is 0 Å². The van der Waals surface area contributed by atoms with Gasteiger partial charge in [0.1, 0.15) is 42.7 Å². The zero-order valence-corrected chi connectivity index (χ0v) is 22.6. The number of nitrogens with two attached hydrogens (primary N) is 4. The van der Waals surface area contributed by atoms with Gasteiger partial charge in [0.2, 0.25) is 5.91 Å². The number of ether oxygens (including phenoxy) is 5. The van der Waals surface area contributed by atoms with Gasteiger partial charge in [0.25, 0.3) is 0 Å². The van der Waals surface area contributed by atoms with Gasteiger partial charge in [-0.15, -0.1) is 0 Å². The Morgan fingerprint density at radius 1 is 0.805 bits per heavy atom. The van der Waals surface area contributed by atoms with Crippen molar-refractivity contribution in [3.8, 4) is 0 Å². The molecule has 0 radical (unpaired) electrons. The van der Waals surface area contributed by atoms with E-state index in [0.717, 1.165) is 0 Å². The van der Waals surface area contributed by atoms with Gasteiger partial charge in [0, 0.05) is 12.1 Å². The molecule has 0 aromatic carbocycles. The van der Waals surface area contributed by atoms with Crippen LogP contribution in [0.4, 0.5) is 0 Å². The van der Waals surface area contributed by atoms with Crippen LogP contribution in [0.2, 0.25) is 0 Å². The van der Waals surface area contributed by atoms with Gasteiger partial charge in [-0.2, -0.15) is 0 Å². The molecular weight excluding hydrogens is 552 g/mol. The van der Waals surface area contributed by atoms with Crippen LogP contribution in [0.25, 0.3) is 0 Å². The van der Waals surface area contributed by atoms with Gasteiger partial charge in [0.15, 0.2) is 18.9 Å². The molecule has 0 aromatic rings. The summed E-state index contributed by atoms with van der Waals surface area (Å²) in [5.41, 5.74) is 23.5. The highest BCUT2D eigenvalue weighted by Crippen LogP contribution is 2.35. The number of hydrogen-bond donors (Lipinski definition) is 12. The van der Waals surface area contributed by atoms with Gasteiger partial charge in [-0.25, -0.2) is 0 Å². The van der Waals surface area contributed by atoms with Gasteiger partial charge in [-0.3, -0.25) is 4.79 Å². The largest absolute Gasteiger partial charge is 0.394 e. The zero-order valence-electron chi connectivity index (χ0n) is 22.6. The summed E-state index contributed by atoms with van der Waals surface area (Å²) >= 11 is 0. The maximum Gasteiger partial charge on any atom is 0.234 e. The molecule has 1 amide bonds. The maximum atomic E-state index is 11.7. The fourth-order valence-corrected chi connectivity index (χ4v) is 5.85. The Morgan fingerprint density at radius 2 is 1.51 bits per heavy atom. The summed E-state index contributed by atoms with van der Waals surface area (Å²) in [4.78, 5) is 11.7. The van der Waals surface area contributed by atoms with Crippen molar-refractivity contribution < 1.29 is 59.1 Å². The first-order valence-electron chi connectivity index (χ1n) is 13.6. The van der Waals surface area contributed by atoms with Crippen molar-refractivity contribution in [1.82, 2.24) is 10.6 Å². The number of rotatable bonds is 8. The van der Waals surface area contributed by atoms with Crippen molar-refractivity contribution in [3.63, 3.8) is 0 Å².